The van der Waals surface area contributed by atoms with E-state index in [9.17, 15) is 42.1 Å². The lowest BCUT2D eigenvalue weighted by Gasteiger charge is -2.14. The zero-order chi connectivity index (χ0) is 39.8. The average Bonchev–Trinajstić information content (AvgIpc) is 3.29. The number of carbonyl (C=O) groups is 2. The number of nitrogens with one attached hydrogen (secondary N) is 1. The SMILES string of the molecule is CCOC(=O)C(Cl)Cc1cc(-n2nc(C)n(C(F)F)c2=O)c(F)cc1Cl.C[S+](C)C.N#Cc1cc(Br)c(O)c(Br)c1.O=C(O)CNCP(=O)([O-])O. The fraction of sp³-hybridized carbons (Fsp3) is 0.393. The smallest absolute Gasteiger partial charge is 0.355 e. The van der Waals surface area contributed by atoms with Crippen molar-refractivity contribution >= 4 is 85.5 Å². The van der Waals surface area contributed by atoms with Crippen LogP contribution in [0.2, 0.25) is 5.02 Å². The number of benzene rings is 2. The van der Waals surface area contributed by atoms with Crippen LogP contribution in [-0.4, -0.2) is 85.0 Å². The van der Waals surface area contributed by atoms with Crippen molar-refractivity contribution in [3.8, 4) is 17.5 Å². The second-order valence-electron chi connectivity index (χ2n) is 9.95. The second-order valence-corrected chi connectivity index (χ2v) is 16.6. The van der Waals surface area contributed by atoms with E-state index >= 15 is 0 Å². The van der Waals surface area contributed by atoms with Crippen molar-refractivity contribution in [2.24, 2.45) is 0 Å². The minimum Gasteiger partial charge on any atom is -0.778 e. The van der Waals surface area contributed by atoms with Crippen molar-refractivity contribution in [1.29, 1.82) is 5.26 Å². The molecule has 0 aliphatic rings. The highest BCUT2D eigenvalue weighted by molar-refractivity contribution is 9.11. The van der Waals surface area contributed by atoms with Gasteiger partial charge in [0.05, 0.1) is 58.8 Å². The summed E-state index contributed by atoms with van der Waals surface area (Å²) in [5, 5.41) is 30.2. The fourth-order valence-corrected chi connectivity index (χ4v) is 5.24. The number of carboxylic acid groups (broad SMARTS) is 1. The zero-order valence-corrected chi connectivity index (χ0v) is 33.8. The summed E-state index contributed by atoms with van der Waals surface area (Å²) in [4.78, 5) is 51.5. The molecule has 14 nitrogen and oxygen atoms in total. The fourth-order valence-electron chi connectivity index (χ4n) is 3.20. The van der Waals surface area contributed by atoms with Crippen LogP contribution in [0.25, 0.3) is 5.69 Å². The number of hydrogen-bond acceptors (Lipinski definition) is 10. The molecule has 0 aliphatic heterocycles. The monoisotopic (exact) mass is 931 g/mol. The maximum atomic E-state index is 14.2. The lowest BCUT2D eigenvalue weighted by Crippen LogP contribution is -2.25. The standard InChI is InChI=1S/C15H14Cl2F3N3O3.C7H3Br2NO.C3H8NO5P.C3H9S/c1-3-26-13(24)10(17)4-8-5-12(11(18)6-9(8)16)23-15(25)22(14(19)20)7(2)21-23;8-5-1-4(3-10)2-6(9)7(5)11;5-3(6)1-4-2-10(7,8)9;1-4(2)3/h5-6,10,14H,3-4H2,1-2H3;1-2,11H;4H,1-2H2,(H,5,6)(H2,7,8,9);1-3H3/q;;;+1/p-1. The molecule has 0 aliphatic carbocycles. The van der Waals surface area contributed by atoms with Crippen LogP contribution in [0.3, 0.4) is 0 Å². The summed E-state index contributed by atoms with van der Waals surface area (Å²) in [5.74, 6) is -2.98. The van der Waals surface area contributed by atoms with Crippen LogP contribution in [0, 0.1) is 24.1 Å². The average molecular weight is 934 g/mol. The number of phenols is 1. The van der Waals surface area contributed by atoms with Gasteiger partial charge in [-0.05, 0) is 86.4 Å². The largest absolute Gasteiger partial charge is 0.778 e. The Kier molecular flexibility index (Phi) is 22.0. The summed E-state index contributed by atoms with van der Waals surface area (Å²) in [7, 11) is -3.71. The molecule has 1 aromatic heterocycles. The van der Waals surface area contributed by atoms with E-state index in [1.807, 2.05) is 11.4 Å². The van der Waals surface area contributed by atoms with E-state index in [0.29, 0.717) is 30.1 Å². The Morgan fingerprint density at radius 1 is 1.22 bits per heavy atom. The van der Waals surface area contributed by atoms with Crippen LogP contribution >= 0.6 is 62.7 Å². The number of alkyl halides is 3. The van der Waals surface area contributed by atoms with Gasteiger partial charge < -0.3 is 29.3 Å². The first kappa shape index (κ1) is 48.4. The maximum absolute atomic E-state index is 14.2. The minimum atomic E-state index is -4.35. The summed E-state index contributed by atoms with van der Waals surface area (Å²) < 4.78 is 56.5. The van der Waals surface area contributed by atoms with Crippen molar-refractivity contribution in [2.45, 2.75) is 32.2 Å². The van der Waals surface area contributed by atoms with Gasteiger partial charge in [-0.15, -0.1) is 16.7 Å². The third kappa shape index (κ3) is 18.1. The lowest BCUT2D eigenvalue weighted by molar-refractivity contribution is -0.193. The number of carbonyl (C=O) groups excluding carboxylic acids is 1. The first-order chi connectivity index (χ1) is 23.5. The Morgan fingerprint density at radius 2 is 1.75 bits per heavy atom. The van der Waals surface area contributed by atoms with Crippen LogP contribution in [-0.2, 0) is 36.2 Å². The van der Waals surface area contributed by atoms with E-state index in [0.717, 1.165) is 12.1 Å². The molecule has 0 fully saturated rings. The third-order valence-electron chi connectivity index (χ3n) is 5.20. The van der Waals surface area contributed by atoms with E-state index in [4.69, 9.17) is 43.2 Å². The number of esters is 1. The van der Waals surface area contributed by atoms with Crippen molar-refractivity contribution in [1.82, 2.24) is 19.7 Å². The maximum Gasteiger partial charge on any atom is 0.355 e. The van der Waals surface area contributed by atoms with E-state index < -0.39 is 55.8 Å². The number of carboxylic acids is 1. The summed E-state index contributed by atoms with van der Waals surface area (Å²) >= 11 is 18.1. The van der Waals surface area contributed by atoms with E-state index in [-0.39, 0.29) is 45.4 Å². The molecular weight excluding hydrogens is 901 g/mol. The molecule has 23 heteroatoms. The Bertz CT molecular complexity index is 1770. The molecule has 51 heavy (non-hydrogen) atoms. The normalized spacial score (nSPS) is 12.2. The molecule has 0 amide bonds. The Labute approximate surface area is 320 Å². The highest BCUT2D eigenvalue weighted by Gasteiger charge is 2.23. The van der Waals surface area contributed by atoms with E-state index in [1.165, 1.54) is 6.92 Å². The molecule has 2 unspecified atom stereocenters. The van der Waals surface area contributed by atoms with Gasteiger partial charge in [0.1, 0.15) is 30.2 Å². The Morgan fingerprint density at radius 3 is 2.16 bits per heavy atom. The van der Waals surface area contributed by atoms with Gasteiger partial charge in [0.2, 0.25) is 0 Å². The topological polar surface area (TPSA) is 220 Å². The van der Waals surface area contributed by atoms with Gasteiger partial charge in [-0.2, -0.15) is 18.7 Å². The molecule has 0 radical (unpaired) electrons. The predicted molar refractivity (Wildman–Crippen MR) is 192 cm³/mol. The molecular formula is C28H33Br2Cl2F3N5O9PS. The first-order valence-electron chi connectivity index (χ1n) is 13.7. The van der Waals surface area contributed by atoms with Gasteiger partial charge in [-0.1, -0.05) is 11.6 Å². The number of aromatic nitrogens is 3. The zero-order valence-electron chi connectivity index (χ0n) is 27.4. The van der Waals surface area contributed by atoms with Gasteiger partial charge in [0.15, 0.2) is 5.82 Å². The van der Waals surface area contributed by atoms with Crippen LogP contribution < -0.4 is 15.9 Å². The number of nitriles is 1. The number of rotatable bonds is 10. The summed E-state index contributed by atoms with van der Waals surface area (Å²) in [6, 6.07) is 7.10. The van der Waals surface area contributed by atoms with Crippen molar-refractivity contribution in [3.63, 3.8) is 0 Å². The number of phenolic OH excluding ortho intramolecular Hbond substituents is 1. The molecule has 2 atom stereocenters. The Hall–Kier alpha value is -2.60. The number of halogens is 7. The number of aryl methyl sites for hydroxylation is 1. The number of aliphatic carboxylic acids is 1. The summed E-state index contributed by atoms with van der Waals surface area (Å²) in [6.07, 6.45) is 5.76. The molecule has 0 spiro atoms. The molecule has 0 saturated heterocycles. The minimum absolute atomic E-state index is 0.0424. The highest BCUT2D eigenvalue weighted by Crippen LogP contribution is 2.33. The number of nitrogens with zero attached hydrogens (tertiary/aromatic N) is 4. The molecule has 0 bridgehead atoms. The molecule has 2 aromatic carbocycles. The van der Waals surface area contributed by atoms with E-state index in [1.54, 1.807) is 19.1 Å². The molecule has 0 saturated carbocycles. The molecule has 284 valence electrons. The number of hydrogen-bond donors (Lipinski definition) is 4. The van der Waals surface area contributed by atoms with Gasteiger partial charge in [0, 0.05) is 11.4 Å². The van der Waals surface area contributed by atoms with Crippen LogP contribution in [0.5, 0.6) is 5.75 Å². The first-order valence-corrected chi connectivity index (χ1v) is 20.4. The van der Waals surface area contributed by atoms with Crippen molar-refractivity contribution < 1.29 is 52.1 Å². The second kappa shape index (κ2) is 23.1. The molecule has 3 rings (SSSR count). The van der Waals surface area contributed by atoms with Gasteiger partial charge >= 0.3 is 24.2 Å². The Balaban J connectivity index is 0.000000819. The van der Waals surface area contributed by atoms with Crippen LogP contribution in [0.15, 0.2) is 38.0 Å². The lowest BCUT2D eigenvalue weighted by atomic mass is 10.1. The van der Waals surface area contributed by atoms with Gasteiger partial charge in [-0.3, -0.25) is 14.9 Å². The molecule has 1 heterocycles. The number of ether oxygens (including phenoxy) is 1. The van der Waals surface area contributed by atoms with Crippen LogP contribution in [0.1, 0.15) is 30.4 Å². The predicted octanol–water partition coefficient (Wildman–Crippen LogP) is 4.69. The van der Waals surface area contributed by atoms with Crippen molar-refractivity contribution in [3.05, 3.63) is 71.5 Å². The summed E-state index contributed by atoms with van der Waals surface area (Å²) in [5.41, 5.74) is -0.865. The van der Waals surface area contributed by atoms with Crippen LogP contribution in [0.4, 0.5) is 13.2 Å². The number of aromatic hydroxyl groups is 1. The molecule has 3 aromatic rings. The van der Waals surface area contributed by atoms with Gasteiger partial charge in [0.25, 0.3) is 0 Å². The molecule has 4 N–H and O–H groups in total. The third-order valence-corrected chi connectivity index (χ3v) is 7.71. The quantitative estimate of drug-likeness (QED) is 0.0942. The van der Waals surface area contributed by atoms with Crippen molar-refractivity contribution in [2.75, 3.05) is 38.2 Å². The highest BCUT2D eigenvalue weighted by atomic mass is 79.9. The van der Waals surface area contributed by atoms with Gasteiger partial charge in [-0.25, -0.2) is 13.8 Å². The summed E-state index contributed by atoms with van der Waals surface area (Å²) in [6.45, 7) is -0.675. The van der Waals surface area contributed by atoms with E-state index in [2.05, 4.69) is 55.7 Å².